The zero-order chi connectivity index (χ0) is 10.6. The molecule has 0 aliphatic rings. The SMILES string of the molecule is NC(=O)CC(C(O)=S)c1cccnc1. The lowest BCUT2D eigenvalue weighted by Crippen LogP contribution is -2.20. The molecule has 1 atom stereocenters. The highest BCUT2D eigenvalue weighted by Crippen LogP contribution is 2.19. The number of aliphatic hydroxyl groups excluding tert-OH is 1. The van der Waals surface area contributed by atoms with Crippen LogP contribution in [0, 0.1) is 0 Å². The molecule has 1 rings (SSSR count). The minimum absolute atomic E-state index is 0.00102. The molecule has 0 radical (unpaired) electrons. The van der Waals surface area contributed by atoms with E-state index in [4.69, 9.17) is 5.73 Å². The van der Waals surface area contributed by atoms with E-state index in [0.717, 1.165) is 0 Å². The predicted octanol–water partition coefficient (Wildman–Crippen LogP) is 0.926. The van der Waals surface area contributed by atoms with Crippen molar-refractivity contribution in [1.82, 2.24) is 4.98 Å². The van der Waals surface area contributed by atoms with Gasteiger partial charge < -0.3 is 10.8 Å². The normalized spacial score (nSPS) is 12.0. The first-order valence-electron chi connectivity index (χ1n) is 4.02. The Morgan fingerprint density at radius 1 is 1.71 bits per heavy atom. The van der Waals surface area contributed by atoms with Crippen LogP contribution in [0.1, 0.15) is 17.9 Å². The zero-order valence-electron chi connectivity index (χ0n) is 7.38. The van der Waals surface area contributed by atoms with Crippen molar-refractivity contribution in [2.75, 3.05) is 0 Å². The summed E-state index contributed by atoms with van der Waals surface area (Å²) in [7, 11) is 0. The zero-order valence-corrected chi connectivity index (χ0v) is 8.20. The second-order valence-corrected chi connectivity index (χ2v) is 3.27. The summed E-state index contributed by atoms with van der Waals surface area (Å²) in [5.41, 5.74) is 5.73. The lowest BCUT2D eigenvalue weighted by Gasteiger charge is -2.11. The molecule has 0 aromatic carbocycles. The Morgan fingerprint density at radius 3 is 2.86 bits per heavy atom. The minimum Gasteiger partial charge on any atom is -0.502 e. The van der Waals surface area contributed by atoms with Crippen LogP contribution in [-0.2, 0) is 4.79 Å². The quantitative estimate of drug-likeness (QED) is 0.725. The van der Waals surface area contributed by atoms with Gasteiger partial charge in [-0.05, 0) is 23.8 Å². The summed E-state index contributed by atoms with van der Waals surface area (Å²) >= 11 is 4.64. The van der Waals surface area contributed by atoms with E-state index in [1.807, 2.05) is 0 Å². The summed E-state index contributed by atoms with van der Waals surface area (Å²) in [5, 5.41) is 8.97. The Hall–Kier alpha value is -1.49. The first-order valence-corrected chi connectivity index (χ1v) is 4.43. The van der Waals surface area contributed by atoms with Gasteiger partial charge >= 0.3 is 0 Å². The third kappa shape index (κ3) is 2.77. The summed E-state index contributed by atoms with van der Waals surface area (Å²) in [4.78, 5) is 14.6. The number of thiocarbonyl (C=S) groups is 1. The fraction of sp³-hybridized carbons (Fsp3) is 0.222. The molecule has 0 saturated heterocycles. The van der Waals surface area contributed by atoms with E-state index in [1.54, 1.807) is 24.5 Å². The highest BCUT2D eigenvalue weighted by molar-refractivity contribution is 7.80. The third-order valence-corrected chi connectivity index (χ3v) is 2.07. The number of aliphatic hydroxyl groups is 1. The summed E-state index contributed by atoms with van der Waals surface area (Å²) in [6, 6.07) is 3.45. The minimum atomic E-state index is -0.531. The molecule has 0 aliphatic carbocycles. The fourth-order valence-electron chi connectivity index (χ4n) is 1.13. The summed E-state index contributed by atoms with van der Waals surface area (Å²) in [5.74, 6) is -1.04. The fourth-order valence-corrected chi connectivity index (χ4v) is 1.35. The number of hydrogen-bond donors (Lipinski definition) is 2. The van der Waals surface area contributed by atoms with Crippen molar-refractivity contribution in [3.8, 4) is 0 Å². The molecule has 1 aromatic heterocycles. The van der Waals surface area contributed by atoms with Gasteiger partial charge in [-0.3, -0.25) is 9.78 Å². The number of pyridine rings is 1. The molecule has 1 amide bonds. The highest BCUT2D eigenvalue weighted by atomic mass is 32.1. The molecule has 3 N–H and O–H groups in total. The number of hydrogen-bond acceptors (Lipinski definition) is 3. The summed E-state index contributed by atoms with van der Waals surface area (Å²) < 4.78 is 0. The van der Waals surface area contributed by atoms with Crippen molar-refractivity contribution < 1.29 is 9.90 Å². The van der Waals surface area contributed by atoms with Gasteiger partial charge in [0.1, 0.15) is 0 Å². The van der Waals surface area contributed by atoms with Crippen LogP contribution in [0.3, 0.4) is 0 Å². The van der Waals surface area contributed by atoms with E-state index in [-0.39, 0.29) is 11.5 Å². The van der Waals surface area contributed by atoms with Crippen molar-refractivity contribution in [3.05, 3.63) is 30.1 Å². The molecule has 1 heterocycles. The van der Waals surface area contributed by atoms with E-state index in [2.05, 4.69) is 17.2 Å². The van der Waals surface area contributed by atoms with Gasteiger partial charge in [0, 0.05) is 18.8 Å². The lowest BCUT2D eigenvalue weighted by molar-refractivity contribution is -0.118. The number of primary amides is 1. The number of nitrogens with two attached hydrogens (primary N) is 1. The Labute approximate surface area is 86.8 Å². The van der Waals surface area contributed by atoms with E-state index in [0.29, 0.717) is 5.56 Å². The molecule has 0 saturated carbocycles. The van der Waals surface area contributed by atoms with Crippen LogP contribution in [0.15, 0.2) is 24.5 Å². The van der Waals surface area contributed by atoms with E-state index in [9.17, 15) is 9.90 Å². The van der Waals surface area contributed by atoms with Gasteiger partial charge in [-0.15, -0.1) is 0 Å². The monoisotopic (exact) mass is 210 g/mol. The van der Waals surface area contributed by atoms with Crippen molar-refractivity contribution in [2.24, 2.45) is 5.73 Å². The van der Waals surface area contributed by atoms with Crippen LogP contribution in [0.5, 0.6) is 0 Å². The average molecular weight is 210 g/mol. The number of carbonyl (C=O) groups excluding carboxylic acids is 1. The number of nitrogens with zero attached hydrogens (tertiary/aromatic N) is 1. The molecule has 14 heavy (non-hydrogen) atoms. The van der Waals surface area contributed by atoms with Crippen molar-refractivity contribution in [3.63, 3.8) is 0 Å². The maximum absolute atomic E-state index is 10.7. The maximum Gasteiger partial charge on any atom is 0.218 e. The Kier molecular flexibility index (Phi) is 3.53. The van der Waals surface area contributed by atoms with Crippen LogP contribution < -0.4 is 5.73 Å². The Morgan fingerprint density at radius 2 is 2.43 bits per heavy atom. The predicted molar refractivity (Wildman–Crippen MR) is 56.0 cm³/mol. The van der Waals surface area contributed by atoms with Crippen LogP contribution in [-0.4, -0.2) is 21.0 Å². The van der Waals surface area contributed by atoms with Gasteiger partial charge in [0.05, 0.1) is 5.92 Å². The smallest absolute Gasteiger partial charge is 0.218 e. The second-order valence-electron chi connectivity index (χ2n) is 2.85. The molecule has 4 nitrogen and oxygen atoms in total. The highest BCUT2D eigenvalue weighted by Gasteiger charge is 2.18. The average Bonchev–Trinajstić information content (AvgIpc) is 2.15. The van der Waals surface area contributed by atoms with Crippen molar-refractivity contribution in [1.29, 1.82) is 0 Å². The molecule has 1 aromatic rings. The standard InChI is InChI=1S/C9H10N2O2S/c10-8(12)4-7(9(13)14)6-2-1-3-11-5-6/h1-3,5,7H,4H2,(H2,10,12)(H,13,14). The molecular formula is C9H10N2O2S. The van der Waals surface area contributed by atoms with Crippen molar-refractivity contribution in [2.45, 2.75) is 12.3 Å². The maximum atomic E-state index is 10.7. The van der Waals surface area contributed by atoms with Crippen molar-refractivity contribution >= 4 is 23.2 Å². The number of carbonyl (C=O) groups is 1. The van der Waals surface area contributed by atoms with Crippen LogP contribution in [0.4, 0.5) is 0 Å². The molecule has 1 unspecified atom stereocenters. The van der Waals surface area contributed by atoms with Crippen LogP contribution in [0.2, 0.25) is 0 Å². The molecule has 0 spiro atoms. The Balaban J connectivity index is 2.89. The largest absolute Gasteiger partial charge is 0.502 e. The molecule has 5 heteroatoms. The topological polar surface area (TPSA) is 76.2 Å². The number of amides is 1. The number of rotatable bonds is 4. The van der Waals surface area contributed by atoms with Gasteiger partial charge in [0.25, 0.3) is 0 Å². The lowest BCUT2D eigenvalue weighted by atomic mass is 9.98. The van der Waals surface area contributed by atoms with Gasteiger partial charge in [0.15, 0.2) is 5.05 Å². The second kappa shape index (κ2) is 4.66. The molecular weight excluding hydrogens is 200 g/mol. The number of aromatic nitrogens is 1. The summed E-state index contributed by atoms with van der Waals surface area (Å²) in [6.07, 6.45) is 3.16. The molecule has 0 aliphatic heterocycles. The summed E-state index contributed by atoms with van der Waals surface area (Å²) in [6.45, 7) is 0. The van der Waals surface area contributed by atoms with E-state index >= 15 is 0 Å². The van der Waals surface area contributed by atoms with Gasteiger partial charge in [-0.1, -0.05) is 6.07 Å². The van der Waals surface area contributed by atoms with Crippen LogP contribution >= 0.6 is 12.2 Å². The first kappa shape index (κ1) is 10.6. The first-order chi connectivity index (χ1) is 6.61. The van der Waals surface area contributed by atoms with Gasteiger partial charge in [-0.2, -0.15) is 0 Å². The van der Waals surface area contributed by atoms with Crippen LogP contribution in [0.25, 0.3) is 0 Å². The van der Waals surface area contributed by atoms with E-state index < -0.39 is 11.8 Å². The molecule has 0 fully saturated rings. The Bertz CT molecular complexity index is 340. The van der Waals surface area contributed by atoms with Gasteiger partial charge in [-0.25, -0.2) is 0 Å². The molecule has 74 valence electrons. The third-order valence-electron chi connectivity index (χ3n) is 1.79. The van der Waals surface area contributed by atoms with Gasteiger partial charge in [0.2, 0.25) is 5.91 Å². The van der Waals surface area contributed by atoms with E-state index in [1.165, 1.54) is 0 Å². The molecule has 0 bridgehead atoms.